The predicted octanol–water partition coefficient (Wildman–Crippen LogP) is 4.31. The van der Waals surface area contributed by atoms with E-state index < -0.39 is 0 Å². The van der Waals surface area contributed by atoms with Crippen LogP contribution < -0.4 is 0 Å². The molecule has 0 spiro atoms. The fraction of sp³-hybridized carbons (Fsp3) is 0.273. The average Bonchev–Trinajstić information content (AvgIpc) is 2.58. The van der Waals surface area contributed by atoms with E-state index in [1.54, 1.807) is 6.07 Å². The summed E-state index contributed by atoms with van der Waals surface area (Å²) in [6.45, 7) is 0.338. The highest BCUT2D eigenvalue weighted by Crippen LogP contribution is 2.28. The van der Waals surface area contributed by atoms with Crippen molar-refractivity contribution in [3.63, 3.8) is 0 Å². The summed E-state index contributed by atoms with van der Waals surface area (Å²) in [4.78, 5) is 0. The number of hydrogen-bond donors (Lipinski definition) is 0. The van der Waals surface area contributed by atoms with Crippen LogP contribution in [-0.4, -0.2) is 11.2 Å². The molecule has 4 heteroatoms. The van der Waals surface area contributed by atoms with Gasteiger partial charge in [0.15, 0.2) is 0 Å². The molecule has 0 aliphatic carbocycles. The number of aryl methyl sites for hydroxylation is 1. The van der Waals surface area contributed by atoms with Gasteiger partial charge >= 0.3 is 0 Å². The Morgan fingerprint density at radius 3 is 2.80 bits per heavy atom. The van der Waals surface area contributed by atoms with Crippen molar-refractivity contribution in [1.82, 2.24) is 4.57 Å². The number of alkyl halides is 1. The normalized spacial score (nSPS) is 11.1. The quantitative estimate of drug-likeness (QED) is 0.760. The molecule has 2 rings (SSSR count). The monoisotopic (exact) mass is 245 g/mol. The Kier molecular flexibility index (Phi) is 3.17. The Morgan fingerprint density at radius 1 is 1.27 bits per heavy atom. The van der Waals surface area contributed by atoms with Crippen molar-refractivity contribution >= 4 is 34.1 Å². The number of aromatic nitrogens is 1. The van der Waals surface area contributed by atoms with Crippen molar-refractivity contribution in [1.29, 1.82) is 0 Å². The lowest BCUT2D eigenvalue weighted by Gasteiger charge is -2.04. The molecule has 0 atom stereocenters. The highest BCUT2D eigenvalue weighted by Gasteiger charge is 2.05. The summed E-state index contributed by atoms with van der Waals surface area (Å²) in [6.07, 6.45) is 2.41. The van der Waals surface area contributed by atoms with Crippen LogP contribution >= 0.6 is 23.2 Å². The predicted molar refractivity (Wildman–Crippen MR) is 62.6 cm³/mol. The summed E-state index contributed by atoms with van der Waals surface area (Å²) in [7, 11) is 0. The van der Waals surface area contributed by atoms with E-state index >= 15 is 0 Å². The van der Waals surface area contributed by atoms with E-state index in [-0.39, 0.29) is 6.67 Å². The Balaban J connectivity index is 2.49. The molecular weight excluding hydrogens is 236 g/mol. The average molecular weight is 246 g/mol. The summed E-state index contributed by atoms with van der Waals surface area (Å²) in [5.74, 6) is 0. The topological polar surface area (TPSA) is 4.93 Å². The van der Waals surface area contributed by atoms with E-state index in [0.29, 0.717) is 23.0 Å². The Hall–Kier alpha value is -0.730. The maximum atomic E-state index is 12.1. The lowest BCUT2D eigenvalue weighted by atomic mass is 10.2. The smallest absolute Gasteiger partial charge is 0.0911 e. The largest absolute Gasteiger partial charge is 0.347 e. The number of halogens is 3. The molecule has 1 aromatic heterocycles. The van der Waals surface area contributed by atoms with Crippen LogP contribution in [0.25, 0.3) is 10.9 Å². The second-order valence-corrected chi connectivity index (χ2v) is 4.22. The van der Waals surface area contributed by atoms with Gasteiger partial charge < -0.3 is 4.57 Å². The van der Waals surface area contributed by atoms with E-state index in [4.69, 9.17) is 23.2 Å². The van der Waals surface area contributed by atoms with E-state index in [1.165, 1.54) is 0 Å². The van der Waals surface area contributed by atoms with Crippen molar-refractivity contribution in [2.75, 3.05) is 6.67 Å². The Labute approximate surface area is 97.4 Å². The molecule has 2 aromatic rings. The van der Waals surface area contributed by atoms with Gasteiger partial charge in [-0.15, -0.1) is 0 Å². The summed E-state index contributed by atoms with van der Waals surface area (Å²) >= 11 is 12.0. The zero-order valence-corrected chi connectivity index (χ0v) is 9.52. The number of nitrogens with zero attached hydrogens (tertiary/aromatic N) is 1. The number of benzene rings is 1. The molecule has 0 amide bonds. The molecule has 0 N–H and O–H groups in total. The first-order chi connectivity index (χ1) is 7.22. The van der Waals surface area contributed by atoms with Gasteiger partial charge in [0.25, 0.3) is 0 Å². The van der Waals surface area contributed by atoms with E-state index in [0.717, 1.165) is 10.9 Å². The highest BCUT2D eigenvalue weighted by molar-refractivity contribution is 6.38. The number of fused-ring (bicyclic) bond motifs is 1. The van der Waals surface area contributed by atoms with Gasteiger partial charge in [0.05, 0.1) is 17.2 Å². The third-order valence-corrected chi connectivity index (χ3v) is 2.87. The van der Waals surface area contributed by atoms with Crippen LogP contribution in [0.5, 0.6) is 0 Å². The van der Waals surface area contributed by atoms with Crippen LogP contribution in [0.2, 0.25) is 10.0 Å². The molecule has 1 nitrogen and oxygen atoms in total. The second kappa shape index (κ2) is 4.42. The fourth-order valence-corrected chi connectivity index (χ4v) is 2.19. The van der Waals surface area contributed by atoms with Gasteiger partial charge in [-0.3, -0.25) is 4.39 Å². The highest BCUT2D eigenvalue weighted by atomic mass is 35.5. The zero-order valence-electron chi connectivity index (χ0n) is 8.01. The first kappa shape index (κ1) is 10.8. The SMILES string of the molecule is FCCCn1ccc2c(Cl)cc(Cl)cc21. The van der Waals surface area contributed by atoms with Crippen LogP contribution in [0.4, 0.5) is 4.39 Å². The van der Waals surface area contributed by atoms with Gasteiger partial charge in [0, 0.05) is 23.2 Å². The van der Waals surface area contributed by atoms with Crippen molar-refractivity contribution < 1.29 is 4.39 Å². The summed E-state index contributed by atoms with van der Waals surface area (Å²) in [5, 5.41) is 2.20. The summed E-state index contributed by atoms with van der Waals surface area (Å²) in [6, 6.07) is 5.48. The van der Waals surface area contributed by atoms with E-state index in [9.17, 15) is 4.39 Å². The molecule has 0 aliphatic rings. The summed E-state index contributed by atoms with van der Waals surface area (Å²) in [5.41, 5.74) is 0.959. The minimum Gasteiger partial charge on any atom is -0.347 e. The maximum absolute atomic E-state index is 12.1. The molecule has 80 valence electrons. The lowest BCUT2D eigenvalue weighted by molar-refractivity contribution is 0.450. The van der Waals surface area contributed by atoms with Crippen molar-refractivity contribution in [2.24, 2.45) is 0 Å². The van der Waals surface area contributed by atoms with E-state index in [2.05, 4.69) is 0 Å². The molecule has 0 radical (unpaired) electrons. The molecule has 0 unspecified atom stereocenters. The maximum Gasteiger partial charge on any atom is 0.0911 e. The first-order valence-corrected chi connectivity index (χ1v) is 5.48. The minimum atomic E-state index is -0.312. The third kappa shape index (κ3) is 2.11. The van der Waals surface area contributed by atoms with Crippen LogP contribution in [0, 0.1) is 0 Å². The standard InChI is InChI=1S/C11H10Cl2FN/c12-8-6-10(13)9-2-5-15(4-1-3-14)11(9)7-8/h2,5-7H,1,3-4H2. The van der Waals surface area contributed by atoms with E-state index in [1.807, 2.05) is 22.9 Å². The van der Waals surface area contributed by atoms with Crippen molar-refractivity contribution in [2.45, 2.75) is 13.0 Å². The van der Waals surface area contributed by atoms with Gasteiger partial charge in [-0.25, -0.2) is 0 Å². The van der Waals surface area contributed by atoms with Gasteiger partial charge in [-0.1, -0.05) is 23.2 Å². The minimum absolute atomic E-state index is 0.312. The van der Waals surface area contributed by atoms with Gasteiger partial charge in [0.2, 0.25) is 0 Å². The van der Waals surface area contributed by atoms with Gasteiger partial charge in [-0.2, -0.15) is 0 Å². The van der Waals surface area contributed by atoms with Crippen LogP contribution in [0.15, 0.2) is 24.4 Å². The second-order valence-electron chi connectivity index (χ2n) is 3.37. The Bertz CT molecular complexity index is 479. The molecule has 0 saturated heterocycles. The fourth-order valence-electron chi connectivity index (χ4n) is 1.64. The van der Waals surface area contributed by atoms with Crippen molar-refractivity contribution in [3.05, 3.63) is 34.4 Å². The third-order valence-electron chi connectivity index (χ3n) is 2.34. The lowest BCUT2D eigenvalue weighted by Crippen LogP contribution is -1.96. The van der Waals surface area contributed by atoms with Gasteiger partial charge in [-0.05, 0) is 24.6 Å². The molecule has 0 bridgehead atoms. The molecule has 15 heavy (non-hydrogen) atoms. The first-order valence-electron chi connectivity index (χ1n) is 4.72. The van der Waals surface area contributed by atoms with Crippen molar-refractivity contribution in [3.8, 4) is 0 Å². The number of hydrogen-bond acceptors (Lipinski definition) is 0. The summed E-state index contributed by atoms with van der Waals surface area (Å²) < 4.78 is 14.0. The number of rotatable bonds is 3. The molecule has 1 heterocycles. The molecule has 0 fully saturated rings. The molecule has 0 aliphatic heterocycles. The zero-order chi connectivity index (χ0) is 10.8. The molecule has 0 saturated carbocycles. The van der Waals surface area contributed by atoms with Crippen LogP contribution in [0.1, 0.15) is 6.42 Å². The van der Waals surface area contributed by atoms with Crippen LogP contribution in [0.3, 0.4) is 0 Å². The van der Waals surface area contributed by atoms with Crippen LogP contribution in [-0.2, 0) is 6.54 Å². The van der Waals surface area contributed by atoms with Gasteiger partial charge in [0.1, 0.15) is 0 Å². The molecular formula is C11H10Cl2FN. The molecule has 1 aromatic carbocycles. The Morgan fingerprint density at radius 2 is 2.07 bits per heavy atom.